The zero-order chi connectivity index (χ0) is 11.4. The second-order valence-corrected chi connectivity index (χ2v) is 3.93. The van der Waals surface area contributed by atoms with Gasteiger partial charge in [-0.3, -0.25) is 5.41 Å². The Morgan fingerprint density at radius 1 is 1.31 bits per heavy atom. The highest BCUT2D eigenvalue weighted by molar-refractivity contribution is 5.81. The van der Waals surface area contributed by atoms with Crippen molar-refractivity contribution in [1.29, 1.82) is 5.41 Å². The molecule has 4 nitrogen and oxygen atoms in total. The number of nitrogens with one attached hydrogen (secondary N) is 1. The van der Waals surface area contributed by atoms with Crippen LogP contribution >= 0.6 is 0 Å². The van der Waals surface area contributed by atoms with E-state index in [1.165, 1.54) is 5.69 Å². The van der Waals surface area contributed by atoms with E-state index in [0.717, 1.165) is 31.9 Å². The molecule has 0 saturated carbocycles. The fraction of sp³-hybridized carbons (Fsp3) is 0.417. The van der Waals surface area contributed by atoms with Gasteiger partial charge in [0.05, 0.1) is 19.0 Å². The summed E-state index contributed by atoms with van der Waals surface area (Å²) in [6, 6.07) is 8.13. The van der Waals surface area contributed by atoms with Crippen molar-refractivity contribution in [2.45, 2.75) is 6.42 Å². The topological polar surface area (TPSA) is 62.3 Å². The first kappa shape index (κ1) is 11.0. The van der Waals surface area contributed by atoms with Crippen molar-refractivity contribution in [3.8, 4) is 0 Å². The molecule has 1 aromatic carbocycles. The number of anilines is 1. The number of rotatable bonds is 3. The molecule has 0 aromatic heterocycles. The molecule has 0 unspecified atom stereocenters. The fourth-order valence-corrected chi connectivity index (χ4v) is 1.98. The van der Waals surface area contributed by atoms with E-state index in [0.29, 0.717) is 6.42 Å². The van der Waals surface area contributed by atoms with E-state index in [1.807, 2.05) is 18.2 Å². The van der Waals surface area contributed by atoms with Gasteiger partial charge in [-0.2, -0.15) is 0 Å². The third kappa shape index (κ3) is 2.52. The summed E-state index contributed by atoms with van der Waals surface area (Å²) in [5.41, 5.74) is 7.77. The monoisotopic (exact) mass is 219 g/mol. The first-order valence-corrected chi connectivity index (χ1v) is 5.51. The fourth-order valence-electron chi connectivity index (χ4n) is 1.98. The molecule has 1 aliphatic rings. The van der Waals surface area contributed by atoms with Gasteiger partial charge in [-0.05, 0) is 11.6 Å². The Hall–Kier alpha value is -1.55. The van der Waals surface area contributed by atoms with E-state index < -0.39 is 0 Å². The van der Waals surface area contributed by atoms with E-state index in [-0.39, 0.29) is 5.84 Å². The average molecular weight is 219 g/mol. The van der Waals surface area contributed by atoms with Crippen molar-refractivity contribution in [2.24, 2.45) is 5.73 Å². The molecule has 0 bridgehead atoms. The molecular weight excluding hydrogens is 202 g/mol. The van der Waals surface area contributed by atoms with Gasteiger partial charge in [0, 0.05) is 25.2 Å². The second-order valence-electron chi connectivity index (χ2n) is 3.93. The molecule has 0 spiro atoms. The van der Waals surface area contributed by atoms with Gasteiger partial charge in [-0.1, -0.05) is 18.2 Å². The van der Waals surface area contributed by atoms with E-state index >= 15 is 0 Å². The molecule has 4 heteroatoms. The molecule has 1 fully saturated rings. The van der Waals surface area contributed by atoms with Gasteiger partial charge in [-0.25, -0.2) is 0 Å². The third-order valence-corrected chi connectivity index (χ3v) is 2.72. The van der Waals surface area contributed by atoms with Gasteiger partial charge >= 0.3 is 0 Å². The normalized spacial score (nSPS) is 16.1. The maximum atomic E-state index is 7.38. The lowest BCUT2D eigenvalue weighted by atomic mass is 10.1. The third-order valence-electron chi connectivity index (χ3n) is 2.72. The number of benzene rings is 1. The van der Waals surface area contributed by atoms with Gasteiger partial charge in [0.1, 0.15) is 0 Å². The summed E-state index contributed by atoms with van der Waals surface area (Å²) >= 11 is 0. The number of morpholine rings is 1. The summed E-state index contributed by atoms with van der Waals surface area (Å²) in [6.45, 7) is 3.37. The lowest BCUT2D eigenvalue weighted by molar-refractivity contribution is 0.122. The Morgan fingerprint density at radius 3 is 2.69 bits per heavy atom. The summed E-state index contributed by atoms with van der Waals surface area (Å²) in [7, 11) is 0. The Kier molecular flexibility index (Phi) is 3.41. The van der Waals surface area contributed by atoms with Crippen LogP contribution in [0.3, 0.4) is 0 Å². The molecule has 1 aromatic rings. The number of hydrogen-bond acceptors (Lipinski definition) is 3. The van der Waals surface area contributed by atoms with Crippen LogP contribution in [0.5, 0.6) is 0 Å². The summed E-state index contributed by atoms with van der Waals surface area (Å²) < 4.78 is 5.33. The largest absolute Gasteiger partial charge is 0.387 e. The minimum atomic E-state index is 0.209. The standard InChI is InChI=1S/C12H17N3O/c13-12(14)9-10-3-1-2-4-11(10)15-5-7-16-8-6-15/h1-4H,5-9H2,(H3,13,14). The van der Waals surface area contributed by atoms with Gasteiger partial charge in [0.15, 0.2) is 0 Å². The molecule has 0 radical (unpaired) electrons. The number of amidine groups is 1. The molecule has 0 amide bonds. The van der Waals surface area contributed by atoms with Gasteiger partial charge < -0.3 is 15.4 Å². The first-order chi connectivity index (χ1) is 7.77. The van der Waals surface area contributed by atoms with E-state index in [9.17, 15) is 0 Å². The zero-order valence-electron chi connectivity index (χ0n) is 9.28. The van der Waals surface area contributed by atoms with Gasteiger partial charge in [0.2, 0.25) is 0 Å². The Balaban J connectivity index is 2.20. The molecule has 0 aliphatic carbocycles. The average Bonchev–Trinajstić information content (AvgIpc) is 2.30. The second kappa shape index (κ2) is 4.99. The molecule has 0 atom stereocenters. The molecule has 86 valence electrons. The lowest BCUT2D eigenvalue weighted by Crippen LogP contribution is -2.37. The Bertz CT molecular complexity index is 372. The van der Waals surface area contributed by atoms with Crippen LogP contribution in [0, 0.1) is 5.41 Å². The van der Waals surface area contributed by atoms with E-state index in [2.05, 4.69) is 11.0 Å². The molecule has 3 N–H and O–H groups in total. The molecule has 16 heavy (non-hydrogen) atoms. The van der Waals surface area contributed by atoms with Crippen molar-refractivity contribution >= 4 is 11.5 Å². The number of hydrogen-bond donors (Lipinski definition) is 2. The van der Waals surface area contributed by atoms with Crippen LogP contribution in [0.25, 0.3) is 0 Å². The number of para-hydroxylation sites is 1. The summed E-state index contributed by atoms with van der Waals surface area (Å²) in [5, 5.41) is 7.38. The number of nitrogens with two attached hydrogens (primary N) is 1. The Labute approximate surface area is 95.5 Å². The van der Waals surface area contributed by atoms with Crippen LogP contribution in [-0.4, -0.2) is 32.1 Å². The molecule has 1 aliphatic heterocycles. The number of nitrogens with zero attached hydrogens (tertiary/aromatic N) is 1. The molecular formula is C12H17N3O. The lowest BCUT2D eigenvalue weighted by Gasteiger charge is -2.30. The molecule has 1 heterocycles. The predicted octanol–water partition coefficient (Wildman–Crippen LogP) is 1.00. The van der Waals surface area contributed by atoms with Crippen LogP contribution < -0.4 is 10.6 Å². The van der Waals surface area contributed by atoms with Crippen LogP contribution in [0.15, 0.2) is 24.3 Å². The molecule has 1 saturated heterocycles. The van der Waals surface area contributed by atoms with Gasteiger partial charge in [0.25, 0.3) is 0 Å². The quantitative estimate of drug-likeness (QED) is 0.589. The summed E-state index contributed by atoms with van der Waals surface area (Å²) in [5.74, 6) is 0.209. The SMILES string of the molecule is N=C(N)Cc1ccccc1N1CCOCC1. The van der Waals surface area contributed by atoms with Crippen molar-refractivity contribution in [1.82, 2.24) is 0 Å². The zero-order valence-corrected chi connectivity index (χ0v) is 9.28. The van der Waals surface area contributed by atoms with Crippen LogP contribution in [0.1, 0.15) is 5.56 Å². The van der Waals surface area contributed by atoms with Crippen LogP contribution in [0.4, 0.5) is 5.69 Å². The summed E-state index contributed by atoms with van der Waals surface area (Å²) in [6.07, 6.45) is 0.521. The maximum absolute atomic E-state index is 7.38. The summed E-state index contributed by atoms with van der Waals surface area (Å²) in [4.78, 5) is 2.29. The van der Waals surface area contributed by atoms with Crippen LogP contribution in [0.2, 0.25) is 0 Å². The highest BCUT2D eigenvalue weighted by Gasteiger charge is 2.14. The van der Waals surface area contributed by atoms with Gasteiger partial charge in [-0.15, -0.1) is 0 Å². The number of ether oxygens (including phenoxy) is 1. The highest BCUT2D eigenvalue weighted by Crippen LogP contribution is 2.21. The van der Waals surface area contributed by atoms with Crippen molar-refractivity contribution in [2.75, 3.05) is 31.2 Å². The smallest absolute Gasteiger partial charge is 0.0950 e. The Morgan fingerprint density at radius 2 is 2.00 bits per heavy atom. The van der Waals surface area contributed by atoms with Crippen molar-refractivity contribution in [3.05, 3.63) is 29.8 Å². The first-order valence-electron chi connectivity index (χ1n) is 5.51. The maximum Gasteiger partial charge on any atom is 0.0950 e. The van der Waals surface area contributed by atoms with E-state index in [4.69, 9.17) is 15.9 Å². The van der Waals surface area contributed by atoms with Crippen LogP contribution in [-0.2, 0) is 11.2 Å². The van der Waals surface area contributed by atoms with Crippen molar-refractivity contribution in [3.63, 3.8) is 0 Å². The molecule has 2 rings (SSSR count). The van der Waals surface area contributed by atoms with E-state index in [1.54, 1.807) is 0 Å². The van der Waals surface area contributed by atoms with Crippen molar-refractivity contribution < 1.29 is 4.74 Å². The minimum Gasteiger partial charge on any atom is -0.387 e. The highest BCUT2D eigenvalue weighted by atomic mass is 16.5. The predicted molar refractivity (Wildman–Crippen MR) is 65.1 cm³/mol. The minimum absolute atomic E-state index is 0.209.